The van der Waals surface area contributed by atoms with Gasteiger partial charge in [-0.2, -0.15) is 92.2 Å². The third kappa shape index (κ3) is 5.66. The van der Waals surface area contributed by atoms with Gasteiger partial charge in [0.15, 0.2) is 5.78 Å². The molecule has 0 N–H and O–H groups in total. The van der Waals surface area contributed by atoms with Crippen LogP contribution in [0.2, 0.25) is 0 Å². The van der Waals surface area contributed by atoms with Gasteiger partial charge in [0.2, 0.25) is 0 Å². The fraction of sp³-hybridized carbons (Fsp3) is 0.417. The van der Waals surface area contributed by atoms with Crippen LogP contribution in [-0.2, 0) is 4.74 Å². The van der Waals surface area contributed by atoms with E-state index in [1.54, 1.807) is 0 Å². The van der Waals surface area contributed by atoms with E-state index in [1.165, 1.54) is 30.3 Å². The van der Waals surface area contributed by atoms with Crippen molar-refractivity contribution >= 4 is 11.8 Å². The van der Waals surface area contributed by atoms with Crippen molar-refractivity contribution in [3.05, 3.63) is 71.3 Å². The van der Waals surface area contributed by atoms with Crippen LogP contribution in [0.5, 0.6) is 0 Å². The van der Waals surface area contributed by atoms with Crippen LogP contribution in [0.15, 0.2) is 54.6 Å². The second-order valence-corrected chi connectivity index (χ2v) is 9.27. The van der Waals surface area contributed by atoms with Gasteiger partial charge in [0.05, 0.1) is 5.56 Å². The van der Waals surface area contributed by atoms with E-state index in [0.717, 1.165) is 0 Å². The van der Waals surface area contributed by atoms with E-state index in [2.05, 4.69) is 4.74 Å². The highest BCUT2D eigenvalue weighted by Gasteiger charge is 2.98. The zero-order valence-corrected chi connectivity index (χ0v) is 21.9. The van der Waals surface area contributed by atoms with Crippen LogP contribution in [0.4, 0.5) is 92.2 Å². The summed E-state index contributed by atoms with van der Waals surface area (Å²) in [6.07, 6.45) is -16.1. The lowest BCUT2D eigenvalue weighted by molar-refractivity contribution is -0.484. The molecular formula is C24H9F21O3. The van der Waals surface area contributed by atoms with E-state index in [4.69, 9.17) is 0 Å². The normalized spacial score (nSPS) is 15.9. The summed E-state index contributed by atoms with van der Waals surface area (Å²) in [5.41, 5.74) is -2.20. The predicted octanol–water partition coefficient (Wildman–Crippen LogP) is 9.31. The number of ketones is 1. The van der Waals surface area contributed by atoms with Crippen molar-refractivity contribution in [2.75, 3.05) is 0 Å². The number of hydrogen-bond acceptors (Lipinski definition) is 3. The number of hydrogen-bond donors (Lipinski definition) is 0. The summed E-state index contributed by atoms with van der Waals surface area (Å²) in [6.45, 7) is 0. The molecule has 0 radical (unpaired) electrons. The van der Waals surface area contributed by atoms with Crippen LogP contribution in [0.3, 0.4) is 0 Å². The molecule has 0 saturated carbocycles. The fourth-order valence-electron chi connectivity index (χ4n) is 3.37. The Morgan fingerprint density at radius 2 is 0.688 bits per heavy atom. The van der Waals surface area contributed by atoms with Crippen LogP contribution in [-0.4, -0.2) is 71.4 Å². The molecule has 48 heavy (non-hydrogen) atoms. The van der Waals surface area contributed by atoms with E-state index in [0.29, 0.717) is 12.1 Å². The van der Waals surface area contributed by atoms with Gasteiger partial charge >= 0.3 is 65.6 Å². The molecule has 0 aliphatic heterocycles. The lowest BCUT2D eigenvalue weighted by Crippen LogP contribution is -2.77. The van der Waals surface area contributed by atoms with Gasteiger partial charge in [0, 0.05) is 11.1 Å². The van der Waals surface area contributed by atoms with E-state index < -0.39 is 82.5 Å². The number of esters is 1. The first-order chi connectivity index (χ1) is 21.1. The van der Waals surface area contributed by atoms with Crippen molar-refractivity contribution in [1.29, 1.82) is 0 Å². The molecule has 2 aromatic rings. The molecule has 3 nitrogen and oxygen atoms in total. The third-order valence-electron chi connectivity index (χ3n) is 6.14. The number of alkyl halides is 21. The maximum absolute atomic E-state index is 14.7. The van der Waals surface area contributed by atoms with Gasteiger partial charge in [-0.1, -0.05) is 42.5 Å². The molecular weight excluding hydrogens is 735 g/mol. The molecule has 0 aliphatic carbocycles. The average Bonchev–Trinajstić information content (AvgIpc) is 2.95. The minimum Gasteiger partial charge on any atom is -0.411 e. The van der Waals surface area contributed by atoms with Crippen LogP contribution < -0.4 is 0 Å². The zero-order valence-electron chi connectivity index (χ0n) is 21.9. The second kappa shape index (κ2) is 11.6. The summed E-state index contributed by atoms with van der Waals surface area (Å²) < 4.78 is 286. The Labute approximate surface area is 250 Å². The SMILES string of the molecule is O=C(OC(F)(C(F)(F)F)C(F)(F)C(F)(F)C(F)(F)C(F)(F)C(F)(F)C(F)(F)C(F)(F)C(F)(F)F)c1ccc(C(=O)c2ccccc2)cc1. The summed E-state index contributed by atoms with van der Waals surface area (Å²) >= 11 is 0. The van der Waals surface area contributed by atoms with Crippen molar-refractivity contribution < 1.29 is 107 Å². The molecule has 1 unspecified atom stereocenters. The fourth-order valence-corrected chi connectivity index (χ4v) is 3.37. The number of benzene rings is 2. The highest BCUT2D eigenvalue weighted by atomic mass is 19.4. The Hall–Kier alpha value is -3.89. The van der Waals surface area contributed by atoms with Gasteiger partial charge in [0.25, 0.3) is 0 Å². The van der Waals surface area contributed by atoms with Gasteiger partial charge in [-0.05, 0) is 12.1 Å². The smallest absolute Gasteiger partial charge is 0.411 e. The number of carbonyl (C=O) groups is 2. The monoisotopic (exact) mass is 744 g/mol. The summed E-state index contributed by atoms with van der Waals surface area (Å²) in [7, 11) is 0. The number of carbonyl (C=O) groups excluding carboxylic acids is 2. The number of rotatable bonds is 11. The number of halogens is 21. The van der Waals surface area contributed by atoms with Crippen molar-refractivity contribution in [2.24, 2.45) is 0 Å². The van der Waals surface area contributed by atoms with Crippen molar-refractivity contribution in [3.63, 3.8) is 0 Å². The average molecular weight is 744 g/mol. The summed E-state index contributed by atoms with van der Waals surface area (Å²) in [6, 6.07) is 7.64. The van der Waals surface area contributed by atoms with Gasteiger partial charge in [-0.25, -0.2) is 4.79 Å². The molecule has 0 saturated heterocycles. The van der Waals surface area contributed by atoms with E-state index in [-0.39, 0.29) is 17.7 Å². The minimum atomic E-state index is -9.32. The topological polar surface area (TPSA) is 43.4 Å². The molecule has 1 atom stereocenters. The van der Waals surface area contributed by atoms with E-state index >= 15 is 0 Å². The quantitative estimate of drug-likeness (QED) is 0.131. The molecule has 2 rings (SSSR count). The Bertz CT molecular complexity index is 1490. The second-order valence-electron chi connectivity index (χ2n) is 9.27. The van der Waals surface area contributed by atoms with Crippen LogP contribution >= 0.6 is 0 Å². The van der Waals surface area contributed by atoms with Crippen LogP contribution in [0.25, 0.3) is 0 Å². The summed E-state index contributed by atoms with van der Waals surface area (Å²) in [5, 5.41) is 0. The largest absolute Gasteiger partial charge is 0.467 e. The number of ether oxygens (including phenoxy) is 1. The van der Waals surface area contributed by atoms with Crippen LogP contribution in [0, 0.1) is 0 Å². The third-order valence-corrected chi connectivity index (χ3v) is 6.14. The van der Waals surface area contributed by atoms with E-state index in [9.17, 15) is 102 Å². The Balaban J connectivity index is 2.63. The van der Waals surface area contributed by atoms with Gasteiger partial charge in [0.1, 0.15) is 0 Å². The molecule has 0 fully saturated rings. The first kappa shape index (κ1) is 40.3. The Morgan fingerprint density at radius 3 is 1.04 bits per heavy atom. The summed E-state index contributed by atoms with van der Waals surface area (Å²) in [4.78, 5) is 24.3. The lowest BCUT2D eigenvalue weighted by atomic mass is 9.87. The Kier molecular flexibility index (Phi) is 9.75. The lowest BCUT2D eigenvalue weighted by Gasteiger charge is -2.44. The van der Waals surface area contributed by atoms with Crippen molar-refractivity contribution in [2.45, 2.75) is 59.7 Å². The van der Waals surface area contributed by atoms with Crippen LogP contribution in [0.1, 0.15) is 26.3 Å². The summed E-state index contributed by atoms with van der Waals surface area (Å²) in [5.74, 6) is -75.5. The molecule has 24 heteroatoms. The van der Waals surface area contributed by atoms with Gasteiger partial charge < -0.3 is 4.74 Å². The first-order valence-corrected chi connectivity index (χ1v) is 11.5. The molecule has 0 bridgehead atoms. The van der Waals surface area contributed by atoms with Gasteiger partial charge in [-0.3, -0.25) is 4.79 Å². The molecule has 2 aromatic carbocycles. The molecule has 0 aromatic heterocycles. The molecule has 0 spiro atoms. The molecule has 270 valence electrons. The first-order valence-electron chi connectivity index (χ1n) is 11.5. The zero-order chi connectivity index (χ0) is 38.0. The minimum absolute atomic E-state index is 0.0993. The Morgan fingerprint density at radius 1 is 0.375 bits per heavy atom. The maximum Gasteiger partial charge on any atom is 0.467 e. The van der Waals surface area contributed by atoms with Crippen molar-refractivity contribution in [1.82, 2.24) is 0 Å². The predicted molar refractivity (Wildman–Crippen MR) is 112 cm³/mol. The molecule has 0 heterocycles. The van der Waals surface area contributed by atoms with Crippen molar-refractivity contribution in [3.8, 4) is 0 Å². The molecule has 0 aliphatic rings. The highest BCUT2D eigenvalue weighted by Crippen LogP contribution is 2.66. The highest BCUT2D eigenvalue weighted by molar-refractivity contribution is 6.09. The standard InChI is InChI=1S/C24H9F21O3/c25-15(26,17(29,30)19(33,34)21(37,38)23(40,41)42)16(27,28)18(31,32)20(35,36)22(39,24(43,44)45)48-14(47)12-8-6-11(7-9-12)13(46)10-4-2-1-3-5-10/h1-9H. The van der Waals surface area contributed by atoms with E-state index in [1.807, 2.05) is 0 Å². The van der Waals surface area contributed by atoms with Gasteiger partial charge in [-0.15, -0.1) is 0 Å². The molecule has 0 amide bonds. The maximum atomic E-state index is 14.7.